The zero-order valence-electron chi connectivity index (χ0n) is 12.8. The number of amides is 1. The molecule has 1 amide bonds. The maximum absolute atomic E-state index is 12.0. The molecule has 0 unspecified atom stereocenters. The van der Waals surface area contributed by atoms with Crippen LogP contribution in [0.4, 0.5) is 0 Å². The van der Waals surface area contributed by atoms with Crippen LogP contribution in [-0.4, -0.2) is 40.1 Å². The van der Waals surface area contributed by atoms with Gasteiger partial charge in [0, 0.05) is 17.9 Å². The van der Waals surface area contributed by atoms with Gasteiger partial charge in [0.1, 0.15) is 0 Å². The molecule has 1 saturated carbocycles. The SMILES string of the molecule is CC(C)c1noc(CN2CCC(C(=O)NC3CC3)CC2)n1. The fraction of sp³-hybridized carbons (Fsp3) is 0.800. The molecule has 21 heavy (non-hydrogen) atoms. The van der Waals surface area contributed by atoms with Crippen molar-refractivity contribution in [3.8, 4) is 0 Å². The van der Waals surface area contributed by atoms with Crippen LogP contribution in [0.5, 0.6) is 0 Å². The van der Waals surface area contributed by atoms with Crippen molar-refractivity contribution in [2.45, 2.75) is 58.0 Å². The van der Waals surface area contributed by atoms with Crippen LogP contribution in [0.2, 0.25) is 0 Å². The number of carbonyl (C=O) groups excluding carboxylic acids is 1. The van der Waals surface area contributed by atoms with E-state index in [1.165, 1.54) is 0 Å². The summed E-state index contributed by atoms with van der Waals surface area (Å²) in [7, 11) is 0. The van der Waals surface area contributed by atoms with Crippen molar-refractivity contribution >= 4 is 5.91 Å². The Morgan fingerprint density at radius 2 is 2.05 bits per heavy atom. The van der Waals surface area contributed by atoms with Crippen molar-refractivity contribution in [2.24, 2.45) is 5.92 Å². The molecule has 3 rings (SSSR count). The van der Waals surface area contributed by atoms with Crippen LogP contribution in [0.25, 0.3) is 0 Å². The Hall–Kier alpha value is -1.43. The Morgan fingerprint density at radius 3 is 2.62 bits per heavy atom. The molecule has 6 nitrogen and oxygen atoms in total. The van der Waals surface area contributed by atoms with E-state index in [0.29, 0.717) is 24.4 Å². The molecular weight excluding hydrogens is 268 g/mol. The van der Waals surface area contributed by atoms with Crippen molar-refractivity contribution in [3.63, 3.8) is 0 Å². The maximum Gasteiger partial charge on any atom is 0.240 e. The Balaban J connectivity index is 1.45. The summed E-state index contributed by atoms with van der Waals surface area (Å²) < 4.78 is 5.28. The van der Waals surface area contributed by atoms with E-state index in [1.807, 2.05) is 0 Å². The zero-order valence-corrected chi connectivity index (χ0v) is 12.8. The molecule has 1 saturated heterocycles. The average molecular weight is 292 g/mol. The molecule has 1 aliphatic carbocycles. The molecule has 2 aliphatic rings. The molecule has 116 valence electrons. The molecule has 6 heteroatoms. The van der Waals surface area contributed by atoms with Gasteiger partial charge in [0.2, 0.25) is 11.8 Å². The minimum Gasteiger partial charge on any atom is -0.353 e. The number of nitrogens with one attached hydrogen (secondary N) is 1. The zero-order chi connectivity index (χ0) is 14.8. The Morgan fingerprint density at radius 1 is 1.33 bits per heavy atom. The van der Waals surface area contributed by atoms with Gasteiger partial charge in [-0.2, -0.15) is 4.98 Å². The third kappa shape index (κ3) is 3.81. The Labute approximate surface area is 125 Å². The number of rotatable bonds is 5. The molecule has 1 aliphatic heterocycles. The summed E-state index contributed by atoms with van der Waals surface area (Å²) in [6.45, 7) is 6.64. The number of nitrogens with zero attached hydrogens (tertiary/aromatic N) is 3. The maximum atomic E-state index is 12.0. The second kappa shape index (κ2) is 6.13. The third-order valence-corrected chi connectivity index (χ3v) is 4.24. The lowest BCUT2D eigenvalue weighted by Gasteiger charge is -2.30. The van der Waals surface area contributed by atoms with Crippen LogP contribution < -0.4 is 5.32 Å². The molecule has 1 N–H and O–H groups in total. The topological polar surface area (TPSA) is 71.3 Å². The normalized spacial score (nSPS) is 20.9. The lowest BCUT2D eigenvalue weighted by molar-refractivity contribution is -0.126. The molecule has 1 aromatic rings. The minimum atomic E-state index is 0.177. The van der Waals surface area contributed by atoms with E-state index in [-0.39, 0.29) is 11.8 Å². The fourth-order valence-electron chi connectivity index (χ4n) is 2.66. The molecule has 2 fully saturated rings. The number of hydrogen-bond donors (Lipinski definition) is 1. The summed E-state index contributed by atoms with van der Waals surface area (Å²) in [6, 6.07) is 0.461. The second-order valence-electron chi connectivity index (χ2n) is 6.53. The summed E-state index contributed by atoms with van der Waals surface area (Å²) >= 11 is 0. The number of carbonyl (C=O) groups is 1. The van der Waals surface area contributed by atoms with E-state index in [9.17, 15) is 4.79 Å². The summed E-state index contributed by atoms with van der Waals surface area (Å²) in [5.74, 6) is 2.16. The number of hydrogen-bond acceptors (Lipinski definition) is 5. The largest absolute Gasteiger partial charge is 0.353 e. The predicted octanol–water partition coefficient (Wildman–Crippen LogP) is 1.68. The second-order valence-corrected chi connectivity index (χ2v) is 6.53. The first-order valence-corrected chi connectivity index (χ1v) is 7.97. The van der Waals surface area contributed by atoms with Crippen LogP contribution in [0.3, 0.4) is 0 Å². The molecular formula is C15H24N4O2. The molecule has 0 atom stereocenters. The number of piperidine rings is 1. The van der Waals surface area contributed by atoms with Crippen LogP contribution >= 0.6 is 0 Å². The first-order chi connectivity index (χ1) is 10.1. The van der Waals surface area contributed by atoms with Gasteiger partial charge >= 0.3 is 0 Å². The molecule has 2 heterocycles. The van der Waals surface area contributed by atoms with E-state index >= 15 is 0 Å². The fourth-order valence-corrected chi connectivity index (χ4v) is 2.66. The number of likely N-dealkylation sites (tertiary alicyclic amines) is 1. The lowest BCUT2D eigenvalue weighted by atomic mass is 9.96. The van der Waals surface area contributed by atoms with Crippen LogP contribution in [0.15, 0.2) is 4.52 Å². The quantitative estimate of drug-likeness (QED) is 0.894. The third-order valence-electron chi connectivity index (χ3n) is 4.24. The van der Waals surface area contributed by atoms with Gasteiger partial charge in [-0.1, -0.05) is 19.0 Å². The van der Waals surface area contributed by atoms with Gasteiger partial charge < -0.3 is 9.84 Å². The van der Waals surface area contributed by atoms with Gasteiger partial charge in [-0.3, -0.25) is 9.69 Å². The average Bonchev–Trinajstić information content (AvgIpc) is 3.15. The highest BCUT2D eigenvalue weighted by atomic mass is 16.5. The van der Waals surface area contributed by atoms with Crippen molar-refractivity contribution in [1.82, 2.24) is 20.4 Å². The molecule has 0 aromatic carbocycles. The number of aromatic nitrogens is 2. The molecule has 0 radical (unpaired) electrons. The van der Waals surface area contributed by atoms with Crippen LogP contribution in [-0.2, 0) is 11.3 Å². The first-order valence-electron chi connectivity index (χ1n) is 7.97. The highest BCUT2D eigenvalue weighted by Gasteiger charge is 2.30. The van der Waals surface area contributed by atoms with Gasteiger partial charge in [-0.15, -0.1) is 0 Å². The van der Waals surface area contributed by atoms with Gasteiger partial charge in [0.05, 0.1) is 6.54 Å². The van der Waals surface area contributed by atoms with Crippen molar-refractivity contribution in [3.05, 3.63) is 11.7 Å². The monoisotopic (exact) mass is 292 g/mol. The Bertz CT molecular complexity index is 488. The van der Waals surface area contributed by atoms with Gasteiger partial charge in [0.25, 0.3) is 0 Å². The summed E-state index contributed by atoms with van der Waals surface area (Å²) in [5.41, 5.74) is 0. The summed E-state index contributed by atoms with van der Waals surface area (Å²) in [5, 5.41) is 7.09. The van der Waals surface area contributed by atoms with Gasteiger partial charge in [0.15, 0.2) is 5.82 Å². The summed E-state index contributed by atoms with van der Waals surface area (Å²) in [6.07, 6.45) is 4.15. The smallest absolute Gasteiger partial charge is 0.240 e. The van der Waals surface area contributed by atoms with Gasteiger partial charge in [-0.25, -0.2) is 0 Å². The van der Waals surface area contributed by atoms with E-state index < -0.39 is 0 Å². The van der Waals surface area contributed by atoms with Crippen LogP contribution in [0, 0.1) is 5.92 Å². The van der Waals surface area contributed by atoms with Crippen molar-refractivity contribution in [2.75, 3.05) is 13.1 Å². The van der Waals surface area contributed by atoms with E-state index in [1.54, 1.807) is 0 Å². The highest BCUT2D eigenvalue weighted by molar-refractivity contribution is 5.79. The molecule has 0 bridgehead atoms. The minimum absolute atomic E-state index is 0.177. The molecule has 1 aromatic heterocycles. The van der Waals surface area contributed by atoms with Crippen molar-refractivity contribution in [1.29, 1.82) is 0 Å². The van der Waals surface area contributed by atoms with E-state index in [4.69, 9.17) is 4.52 Å². The van der Waals surface area contributed by atoms with E-state index in [0.717, 1.165) is 44.6 Å². The standard InChI is InChI=1S/C15H24N4O2/c1-10(2)14-17-13(21-18-14)9-19-7-5-11(6-8-19)15(20)16-12-3-4-12/h10-12H,3-9H2,1-2H3,(H,16,20). The Kier molecular flexibility index (Phi) is 4.24. The van der Waals surface area contributed by atoms with Gasteiger partial charge in [-0.05, 0) is 38.8 Å². The first kappa shape index (κ1) is 14.5. The molecule has 0 spiro atoms. The predicted molar refractivity (Wildman–Crippen MR) is 77.6 cm³/mol. The van der Waals surface area contributed by atoms with E-state index in [2.05, 4.69) is 34.2 Å². The lowest BCUT2D eigenvalue weighted by Crippen LogP contribution is -2.40. The van der Waals surface area contributed by atoms with Crippen molar-refractivity contribution < 1.29 is 9.32 Å². The van der Waals surface area contributed by atoms with Crippen LogP contribution in [0.1, 0.15) is 57.2 Å². The summed E-state index contributed by atoms with van der Waals surface area (Å²) in [4.78, 5) is 18.7. The highest BCUT2D eigenvalue weighted by Crippen LogP contribution is 2.23.